The zero-order chi connectivity index (χ0) is 14.5. The van der Waals surface area contributed by atoms with Gasteiger partial charge in [0.15, 0.2) is 0 Å². The van der Waals surface area contributed by atoms with E-state index in [0.29, 0.717) is 17.5 Å². The second-order valence-corrected chi connectivity index (χ2v) is 5.16. The molecule has 6 heteroatoms. The molecule has 2 rings (SSSR count). The molecule has 0 amide bonds. The summed E-state index contributed by atoms with van der Waals surface area (Å²) in [6.07, 6.45) is 0. The highest BCUT2D eigenvalue weighted by Crippen LogP contribution is 2.26. The van der Waals surface area contributed by atoms with Crippen LogP contribution in [0.15, 0.2) is 28.7 Å². The van der Waals surface area contributed by atoms with Gasteiger partial charge in [-0.05, 0) is 47.5 Å². The lowest BCUT2D eigenvalue weighted by Gasteiger charge is -2.10. The van der Waals surface area contributed by atoms with Crippen molar-refractivity contribution in [1.82, 2.24) is 9.97 Å². The van der Waals surface area contributed by atoms with E-state index in [0.717, 1.165) is 10.2 Å². The molecule has 0 unspecified atom stereocenters. The molecular weight excluding hydrogens is 318 g/mol. The van der Waals surface area contributed by atoms with E-state index in [-0.39, 0.29) is 6.54 Å². The summed E-state index contributed by atoms with van der Waals surface area (Å²) in [6, 6.07) is 9.84. The predicted molar refractivity (Wildman–Crippen MR) is 83.0 cm³/mol. The molecule has 102 valence electrons. The number of hydrogen-bond acceptors (Lipinski definition) is 5. The smallest absolute Gasteiger partial charge is 0.136 e. The summed E-state index contributed by atoms with van der Waals surface area (Å²) in [7, 11) is 0. The SMILES string of the molecule is Cc1ccc(Nc2cc(NCC#N)nc(C)n2)c(Br)c1. The number of benzene rings is 1. The lowest BCUT2D eigenvalue weighted by molar-refractivity contribution is 1.05. The van der Waals surface area contributed by atoms with E-state index >= 15 is 0 Å². The fourth-order valence-electron chi connectivity index (χ4n) is 1.71. The number of aromatic nitrogens is 2. The Labute approximate surface area is 126 Å². The molecule has 0 aliphatic rings. The minimum Gasteiger partial charge on any atom is -0.357 e. The van der Waals surface area contributed by atoms with Crippen molar-refractivity contribution in [2.75, 3.05) is 17.2 Å². The molecule has 20 heavy (non-hydrogen) atoms. The summed E-state index contributed by atoms with van der Waals surface area (Å²) in [5, 5.41) is 14.7. The molecule has 1 heterocycles. The monoisotopic (exact) mass is 331 g/mol. The summed E-state index contributed by atoms with van der Waals surface area (Å²) in [4.78, 5) is 8.56. The van der Waals surface area contributed by atoms with Gasteiger partial charge in [0.05, 0.1) is 11.8 Å². The molecule has 0 bridgehead atoms. The fourth-order valence-corrected chi connectivity index (χ4v) is 2.30. The Bertz CT molecular complexity index is 663. The number of anilines is 3. The van der Waals surface area contributed by atoms with Gasteiger partial charge in [-0.2, -0.15) is 5.26 Å². The normalized spacial score (nSPS) is 9.90. The Hall–Kier alpha value is -2.13. The Kier molecular flexibility index (Phi) is 4.53. The van der Waals surface area contributed by atoms with Gasteiger partial charge in [-0.15, -0.1) is 0 Å². The zero-order valence-corrected chi connectivity index (χ0v) is 12.8. The van der Waals surface area contributed by atoms with Crippen LogP contribution in [-0.4, -0.2) is 16.5 Å². The zero-order valence-electron chi connectivity index (χ0n) is 11.2. The molecule has 0 spiro atoms. The minimum atomic E-state index is 0.212. The summed E-state index contributed by atoms with van der Waals surface area (Å²) in [6.45, 7) is 4.06. The largest absolute Gasteiger partial charge is 0.357 e. The minimum absolute atomic E-state index is 0.212. The molecule has 0 fully saturated rings. The van der Waals surface area contributed by atoms with Crippen LogP contribution in [0, 0.1) is 25.2 Å². The molecule has 0 saturated carbocycles. The number of nitrogens with one attached hydrogen (secondary N) is 2. The maximum absolute atomic E-state index is 8.59. The van der Waals surface area contributed by atoms with Crippen LogP contribution >= 0.6 is 15.9 Å². The first-order valence-electron chi connectivity index (χ1n) is 6.08. The second kappa shape index (κ2) is 6.35. The van der Waals surface area contributed by atoms with Crippen molar-refractivity contribution < 1.29 is 0 Å². The Morgan fingerprint density at radius 1 is 1.20 bits per heavy atom. The molecule has 0 aliphatic heterocycles. The second-order valence-electron chi connectivity index (χ2n) is 4.31. The standard InChI is InChI=1S/C14H14BrN5/c1-9-3-4-12(11(15)7-9)20-14-8-13(17-6-5-16)18-10(2)19-14/h3-4,7-8H,6H2,1-2H3,(H2,17,18,19,20). The Balaban J connectivity index is 2.24. The average molecular weight is 332 g/mol. The van der Waals surface area contributed by atoms with Crippen LogP contribution in [0.1, 0.15) is 11.4 Å². The highest BCUT2D eigenvalue weighted by molar-refractivity contribution is 9.10. The quantitative estimate of drug-likeness (QED) is 0.838. The average Bonchev–Trinajstić information content (AvgIpc) is 2.39. The molecule has 5 nitrogen and oxygen atoms in total. The lowest BCUT2D eigenvalue weighted by atomic mass is 10.2. The molecule has 2 N–H and O–H groups in total. The van der Waals surface area contributed by atoms with Crippen LogP contribution in [0.25, 0.3) is 0 Å². The lowest BCUT2D eigenvalue weighted by Crippen LogP contribution is -2.05. The van der Waals surface area contributed by atoms with Gasteiger partial charge in [0.1, 0.15) is 24.0 Å². The van der Waals surface area contributed by atoms with E-state index in [9.17, 15) is 0 Å². The van der Waals surface area contributed by atoms with Crippen molar-refractivity contribution in [3.05, 3.63) is 40.1 Å². The highest BCUT2D eigenvalue weighted by Gasteiger charge is 2.05. The molecule has 1 aromatic heterocycles. The number of rotatable bonds is 4. The maximum Gasteiger partial charge on any atom is 0.136 e. The van der Waals surface area contributed by atoms with Gasteiger partial charge < -0.3 is 10.6 Å². The highest BCUT2D eigenvalue weighted by atomic mass is 79.9. The molecule has 0 atom stereocenters. The molecule has 0 radical (unpaired) electrons. The van der Waals surface area contributed by atoms with Crippen molar-refractivity contribution >= 4 is 33.3 Å². The summed E-state index contributed by atoms with van der Waals surface area (Å²) in [5.74, 6) is 1.95. The van der Waals surface area contributed by atoms with E-state index in [1.54, 1.807) is 6.07 Å². The van der Waals surface area contributed by atoms with Crippen LogP contribution in [0.3, 0.4) is 0 Å². The van der Waals surface area contributed by atoms with Gasteiger partial charge in [-0.25, -0.2) is 9.97 Å². The van der Waals surface area contributed by atoms with Crippen LogP contribution in [-0.2, 0) is 0 Å². The van der Waals surface area contributed by atoms with Gasteiger partial charge in [-0.3, -0.25) is 0 Å². The number of nitriles is 1. The van der Waals surface area contributed by atoms with Gasteiger partial charge in [0.25, 0.3) is 0 Å². The number of aryl methyl sites for hydroxylation is 2. The number of nitrogens with zero attached hydrogens (tertiary/aromatic N) is 3. The Morgan fingerprint density at radius 3 is 2.65 bits per heavy atom. The van der Waals surface area contributed by atoms with Crippen LogP contribution in [0.5, 0.6) is 0 Å². The maximum atomic E-state index is 8.59. The third-order valence-corrected chi connectivity index (χ3v) is 3.23. The third-order valence-electron chi connectivity index (χ3n) is 2.57. The Morgan fingerprint density at radius 2 is 1.95 bits per heavy atom. The van der Waals surface area contributed by atoms with E-state index in [2.05, 4.69) is 36.5 Å². The number of halogens is 1. The molecular formula is C14H14BrN5. The van der Waals surface area contributed by atoms with E-state index in [1.807, 2.05) is 38.1 Å². The van der Waals surface area contributed by atoms with Crippen molar-refractivity contribution in [2.24, 2.45) is 0 Å². The van der Waals surface area contributed by atoms with Crippen molar-refractivity contribution in [2.45, 2.75) is 13.8 Å². The first-order valence-corrected chi connectivity index (χ1v) is 6.87. The summed E-state index contributed by atoms with van der Waals surface area (Å²) < 4.78 is 0.972. The first-order chi connectivity index (χ1) is 9.58. The van der Waals surface area contributed by atoms with E-state index < -0.39 is 0 Å². The number of hydrogen-bond donors (Lipinski definition) is 2. The fraction of sp³-hybridized carbons (Fsp3) is 0.214. The summed E-state index contributed by atoms with van der Waals surface area (Å²) >= 11 is 3.52. The van der Waals surface area contributed by atoms with Crippen molar-refractivity contribution in [3.63, 3.8) is 0 Å². The van der Waals surface area contributed by atoms with Crippen molar-refractivity contribution in [1.29, 1.82) is 5.26 Å². The van der Waals surface area contributed by atoms with Crippen molar-refractivity contribution in [3.8, 4) is 6.07 Å². The van der Waals surface area contributed by atoms with E-state index in [4.69, 9.17) is 5.26 Å². The first kappa shape index (κ1) is 14.3. The van der Waals surface area contributed by atoms with Gasteiger partial charge in [-0.1, -0.05) is 6.07 Å². The molecule has 2 aromatic rings. The predicted octanol–water partition coefficient (Wildman–Crippen LogP) is 3.54. The van der Waals surface area contributed by atoms with Gasteiger partial charge in [0.2, 0.25) is 0 Å². The van der Waals surface area contributed by atoms with Crippen LogP contribution in [0.2, 0.25) is 0 Å². The summed E-state index contributed by atoms with van der Waals surface area (Å²) in [5.41, 5.74) is 2.11. The topological polar surface area (TPSA) is 73.6 Å². The van der Waals surface area contributed by atoms with Gasteiger partial charge in [0, 0.05) is 10.5 Å². The molecule has 0 saturated heterocycles. The van der Waals surface area contributed by atoms with Crippen LogP contribution in [0.4, 0.5) is 17.3 Å². The van der Waals surface area contributed by atoms with Gasteiger partial charge >= 0.3 is 0 Å². The third kappa shape index (κ3) is 3.68. The van der Waals surface area contributed by atoms with E-state index in [1.165, 1.54) is 5.56 Å². The molecule has 1 aromatic carbocycles. The molecule has 0 aliphatic carbocycles. The van der Waals surface area contributed by atoms with Crippen LogP contribution < -0.4 is 10.6 Å².